The maximum absolute atomic E-state index is 12.2. The Kier molecular flexibility index (Phi) is 3.04. The number of nitrogens with one attached hydrogen (secondary N) is 1. The Morgan fingerprint density at radius 2 is 2.05 bits per heavy atom. The van der Waals surface area contributed by atoms with E-state index in [0.717, 1.165) is 32.1 Å². The van der Waals surface area contributed by atoms with Crippen molar-refractivity contribution in [1.29, 1.82) is 0 Å². The van der Waals surface area contributed by atoms with Gasteiger partial charge in [0.25, 0.3) is 0 Å². The lowest BCUT2D eigenvalue weighted by Gasteiger charge is -2.25. The summed E-state index contributed by atoms with van der Waals surface area (Å²) in [5, 5.41) is 2.99. The molecule has 1 aliphatic heterocycles. The van der Waals surface area contributed by atoms with E-state index < -0.39 is 5.54 Å². The number of nitrogens with two attached hydrogens (primary N) is 1. The zero-order chi connectivity index (χ0) is 13.6. The molecule has 5 nitrogen and oxygen atoms in total. The Morgan fingerprint density at radius 1 is 1.42 bits per heavy atom. The quantitative estimate of drug-likeness (QED) is 0.775. The summed E-state index contributed by atoms with van der Waals surface area (Å²) in [5.41, 5.74) is 5.44. The minimum absolute atomic E-state index is 0.0474. The van der Waals surface area contributed by atoms with Gasteiger partial charge in [0.2, 0.25) is 11.8 Å². The summed E-state index contributed by atoms with van der Waals surface area (Å²) in [6.45, 7) is 2.83. The highest BCUT2D eigenvalue weighted by Crippen LogP contribution is 2.37. The minimum Gasteiger partial charge on any atom is -0.349 e. The van der Waals surface area contributed by atoms with Gasteiger partial charge >= 0.3 is 0 Å². The fourth-order valence-electron chi connectivity index (χ4n) is 3.45. The van der Waals surface area contributed by atoms with Crippen LogP contribution >= 0.6 is 0 Å². The van der Waals surface area contributed by atoms with E-state index in [-0.39, 0.29) is 17.9 Å². The van der Waals surface area contributed by atoms with Crippen LogP contribution in [0.1, 0.15) is 45.4 Å². The molecule has 3 N–H and O–H groups in total. The number of hydrogen-bond acceptors (Lipinski definition) is 3. The molecule has 0 spiro atoms. The van der Waals surface area contributed by atoms with Crippen LogP contribution in [0.2, 0.25) is 0 Å². The lowest BCUT2D eigenvalue weighted by atomic mass is 9.97. The molecule has 0 unspecified atom stereocenters. The van der Waals surface area contributed by atoms with Crippen LogP contribution in [0.5, 0.6) is 0 Å². The molecule has 3 aliphatic rings. The molecule has 106 valence electrons. The van der Waals surface area contributed by atoms with E-state index in [1.807, 2.05) is 4.90 Å². The Morgan fingerprint density at radius 3 is 2.63 bits per heavy atom. The molecule has 0 aromatic rings. The molecule has 3 atom stereocenters. The Hall–Kier alpha value is -1.10. The zero-order valence-corrected chi connectivity index (χ0v) is 11.5. The molecule has 0 radical (unpaired) electrons. The third-order valence-electron chi connectivity index (χ3n) is 4.91. The minimum atomic E-state index is -0.691. The number of nitrogens with zero attached hydrogens (tertiary/aromatic N) is 1. The van der Waals surface area contributed by atoms with E-state index in [1.165, 1.54) is 0 Å². The van der Waals surface area contributed by atoms with Gasteiger partial charge in [-0.2, -0.15) is 0 Å². The monoisotopic (exact) mass is 265 g/mol. The van der Waals surface area contributed by atoms with Gasteiger partial charge in [0.05, 0.1) is 11.6 Å². The van der Waals surface area contributed by atoms with Crippen molar-refractivity contribution < 1.29 is 9.59 Å². The molecule has 0 aromatic heterocycles. The van der Waals surface area contributed by atoms with Crippen LogP contribution in [0.15, 0.2) is 0 Å². The van der Waals surface area contributed by atoms with E-state index in [0.29, 0.717) is 24.9 Å². The van der Waals surface area contributed by atoms with Crippen molar-refractivity contribution in [3.63, 3.8) is 0 Å². The lowest BCUT2D eigenvalue weighted by Crippen LogP contribution is -2.54. The summed E-state index contributed by atoms with van der Waals surface area (Å²) >= 11 is 0. The van der Waals surface area contributed by atoms with Crippen molar-refractivity contribution in [3.05, 3.63) is 0 Å². The maximum atomic E-state index is 12.2. The van der Waals surface area contributed by atoms with Crippen LogP contribution in [-0.2, 0) is 9.59 Å². The van der Waals surface area contributed by atoms with Crippen LogP contribution in [0.3, 0.4) is 0 Å². The standard InChI is InChI=1S/C14H23N3O2/c1-9-6-11(9)17-8-10(7-12(17)18)16-13(19)14(15)4-2-3-5-14/h9-11H,2-8,15H2,1H3,(H,16,19)/t9-,10+,11-/m1/s1. The molecule has 2 aliphatic carbocycles. The molecule has 3 fully saturated rings. The number of hydrogen-bond donors (Lipinski definition) is 2. The molecule has 19 heavy (non-hydrogen) atoms. The second-order valence-electron chi connectivity index (χ2n) is 6.56. The zero-order valence-electron chi connectivity index (χ0n) is 11.5. The van der Waals surface area contributed by atoms with Gasteiger partial charge in [0.1, 0.15) is 0 Å². The van der Waals surface area contributed by atoms with E-state index in [2.05, 4.69) is 12.2 Å². The van der Waals surface area contributed by atoms with Gasteiger partial charge in [0.15, 0.2) is 0 Å². The van der Waals surface area contributed by atoms with E-state index in [4.69, 9.17) is 5.73 Å². The summed E-state index contributed by atoms with van der Waals surface area (Å²) in [7, 11) is 0. The van der Waals surface area contributed by atoms with Crippen molar-refractivity contribution in [2.75, 3.05) is 6.54 Å². The van der Waals surface area contributed by atoms with E-state index >= 15 is 0 Å². The first-order chi connectivity index (χ1) is 8.99. The average molecular weight is 265 g/mol. The van der Waals surface area contributed by atoms with Crippen LogP contribution < -0.4 is 11.1 Å². The van der Waals surface area contributed by atoms with E-state index in [9.17, 15) is 9.59 Å². The highest BCUT2D eigenvalue weighted by atomic mass is 16.2. The Labute approximate surface area is 113 Å². The van der Waals surface area contributed by atoms with Crippen molar-refractivity contribution in [2.45, 2.75) is 63.1 Å². The van der Waals surface area contributed by atoms with Crippen LogP contribution in [0.4, 0.5) is 0 Å². The topological polar surface area (TPSA) is 75.4 Å². The van der Waals surface area contributed by atoms with Gasteiger partial charge in [-0.3, -0.25) is 9.59 Å². The number of carbonyl (C=O) groups excluding carboxylic acids is 2. The average Bonchev–Trinajstić information content (AvgIpc) is 2.75. The molecule has 5 heteroatoms. The predicted molar refractivity (Wildman–Crippen MR) is 71.2 cm³/mol. The molecule has 2 amide bonds. The van der Waals surface area contributed by atoms with Crippen molar-refractivity contribution in [1.82, 2.24) is 10.2 Å². The van der Waals surface area contributed by atoms with Gasteiger partial charge in [-0.15, -0.1) is 0 Å². The van der Waals surface area contributed by atoms with Crippen LogP contribution in [-0.4, -0.2) is 40.9 Å². The number of likely N-dealkylation sites (tertiary alicyclic amines) is 1. The fraction of sp³-hybridized carbons (Fsp3) is 0.857. The Bertz CT molecular complexity index is 403. The molecule has 0 bridgehead atoms. The molecule has 3 rings (SSSR count). The van der Waals surface area contributed by atoms with Crippen LogP contribution in [0.25, 0.3) is 0 Å². The highest BCUT2D eigenvalue weighted by molar-refractivity contribution is 5.88. The second kappa shape index (κ2) is 4.47. The predicted octanol–water partition coefficient (Wildman–Crippen LogP) is 0.383. The van der Waals surface area contributed by atoms with Crippen molar-refractivity contribution in [2.24, 2.45) is 11.7 Å². The molecule has 1 heterocycles. The van der Waals surface area contributed by atoms with Crippen LogP contribution in [0, 0.1) is 5.92 Å². The first kappa shape index (κ1) is 12.9. The smallest absolute Gasteiger partial charge is 0.240 e. The third kappa shape index (κ3) is 2.36. The fourth-order valence-corrected chi connectivity index (χ4v) is 3.45. The molecule has 0 aromatic carbocycles. The number of rotatable bonds is 3. The van der Waals surface area contributed by atoms with Gasteiger partial charge in [-0.05, 0) is 25.2 Å². The second-order valence-corrected chi connectivity index (χ2v) is 6.56. The molecule has 2 saturated carbocycles. The summed E-state index contributed by atoms with van der Waals surface area (Å²) in [4.78, 5) is 26.1. The largest absolute Gasteiger partial charge is 0.349 e. The lowest BCUT2D eigenvalue weighted by molar-refractivity contribution is -0.128. The third-order valence-corrected chi connectivity index (χ3v) is 4.91. The van der Waals surface area contributed by atoms with Crippen molar-refractivity contribution in [3.8, 4) is 0 Å². The van der Waals surface area contributed by atoms with Gasteiger partial charge in [-0.25, -0.2) is 0 Å². The Balaban J connectivity index is 1.56. The SMILES string of the molecule is C[C@@H]1C[C@H]1N1C[C@@H](NC(=O)C2(N)CCCC2)CC1=O. The highest BCUT2D eigenvalue weighted by Gasteiger charge is 2.46. The van der Waals surface area contributed by atoms with Gasteiger partial charge in [-0.1, -0.05) is 19.8 Å². The van der Waals surface area contributed by atoms with Crippen molar-refractivity contribution >= 4 is 11.8 Å². The molecular weight excluding hydrogens is 242 g/mol. The molecule has 1 saturated heterocycles. The first-order valence-electron chi connectivity index (χ1n) is 7.39. The van der Waals surface area contributed by atoms with Gasteiger partial charge in [0, 0.05) is 19.0 Å². The summed E-state index contributed by atoms with van der Waals surface area (Å²) in [6, 6.07) is 0.363. The first-order valence-corrected chi connectivity index (χ1v) is 7.39. The van der Waals surface area contributed by atoms with Gasteiger partial charge < -0.3 is 16.0 Å². The summed E-state index contributed by atoms with van der Waals surface area (Å²) < 4.78 is 0. The summed E-state index contributed by atoms with van der Waals surface area (Å²) in [5.74, 6) is 0.736. The number of carbonyl (C=O) groups is 2. The van der Waals surface area contributed by atoms with E-state index in [1.54, 1.807) is 0 Å². The molecular formula is C14H23N3O2. The maximum Gasteiger partial charge on any atom is 0.240 e. The normalized spacial score (nSPS) is 36.6. The summed E-state index contributed by atoms with van der Waals surface area (Å²) in [6.07, 6.45) is 5.13. The number of amides is 2.